The summed E-state index contributed by atoms with van der Waals surface area (Å²) in [5.74, 6) is -1.09. The van der Waals surface area contributed by atoms with Crippen LogP contribution in [0.15, 0.2) is 6.07 Å². The standard InChI is InChI=1S/C8H6F3NO/c1-4-2-5(9)7(8(10)11)12-6(4)3-13/h2-3,8H,1H3. The molecule has 0 spiro atoms. The van der Waals surface area contributed by atoms with E-state index in [-0.39, 0.29) is 11.3 Å². The fraction of sp³-hybridized carbons (Fsp3) is 0.250. The number of alkyl halides is 2. The summed E-state index contributed by atoms with van der Waals surface area (Å²) in [6.07, 6.45) is -2.68. The van der Waals surface area contributed by atoms with E-state index in [1.165, 1.54) is 6.92 Å². The summed E-state index contributed by atoms with van der Waals surface area (Å²) in [5, 5.41) is 0. The first-order valence-corrected chi connectivity index (χ1v) is 3.46. The molecule has 0 aliphatic rings. The van der Waals surface area contributed by atoms with Crippen molar-refractivity contribution in [2.45, 2.75) is 13.3 Å². The lowest BCUT2D eigenvalue weighted by molar-refractivity contribution is 0.111. The fourth-order valence-corrected chi connectivity index (χ4v) is 0.882. The number of carbonyl (C=O) groups excluding carboxylic acids is 1. The molecule has 1 heterocycles. The van der Waals surface area contributed by atoms with Gasteiger partial charge in [-0.2, -0.15) is 0 Å². The smallest absolute Gasteiger partial charge is 0.283 e. The zero-order valence-electron chi connectivity index (χ0n) is 6.72. The number of rotatable bonds is 2. The number of nitrogens with zero attached hydrogens (tertiary/aromatic N) is 1. The topological polar surface area (TPSA) is 30.0 Å². The van der Waals surface area contributed by atoms with Crippen LogP contribution in [-0.4, -0.2) is 11.3 Å². The van der Waals surface area contributed by atoms with Crippen LogP contribution in [0.1, 0.15) is 28.2 Å². The van der Waals surface area contributed by atoms with Gasteiger partial charge in [0.2, 0.25) is 0 Å². The third-order valence-electron chi connectivity index (χ3n) is 1.55. The van der Waals surface area contributed by atoms with Gasteiger partial charge in [-0.05, 0) is 18.6 Å². The maximum atomic E-state index is 12.8. The molecule has 70 valence electrons. The minimum atomic E-state index is -3.00. The second-order valence-corrected chi connectivity index (χ2v) is 2.48. The van der Waals surface area contributed by atoms with Crippen LogP contribution in [-0.2, 0) is 0 Å². The zero-order chi connectivity index (χ0) is 10.0. The van der Waals surface area contributed by atoms with Gasteiger partial charge in [-0.1, -0.05) is 0 Å². The van der Waals surface area contributed by atoms with Crippen LogP contribution in [0.2, 0.25) is 0 Å². The Kier molecular flexibility index (Phi) is 2.65. The van der Waals surface area contributed by atoms with Crippen LogP contribution in [0.4, 0.5) is 13.2 Å². The summed E-state index contributed by atoms with van der Waals surface area (Å²) in [6.45, 7) is 1.43. The summed E-state index contributed by atoms with van der Waals surface area (Å²) in [4.78, 5) is 13.5. The lowest BCUT2D eigenvalue weighted by Crippen LogP contribution is -2.02. The van der Waals surface area contributed by atoms with E-state index in [2.05, 4.69) is 4.98 Å². The van der Waals surface area contributed by atoms with Crippen molar-refractivity contribution in [1.82, 2.24) is 4.98 Å². The average Bonchev–Trinajstić information content (AvgIpc) is 2.03. The van der Waals surface area contributed by atoms with E-state index in [4.69, 9.17) is 0 Å². The van der Waals surface area contributed by atoms with Crippen molar-refractivity contribution < 1.29 is 18.0 Å². The molecule has 0 aliphatic carbocycles. The lowest BCUT2D eigenvalue weighted by atomic mass is 10.2. The molecule has 0 saturated heterocycles. The zero-order valence-corrected chi connectivity index (χ0v) is 6.72. The Bertz CT molecular complexity index is 338. The molecule has 0 saturated carbocycles. The van der Waals surface area contributed by atoms with Crippen molar-refractivity contribution in [3.63, 3.8) is 0 Å². The van der Waals surface area contributed by atoms with E-state index in [0.29, 0.717) is 6.29 Å². The van der Waals surface area contributed by atoms with Crippen molar-refractivity contribution >= 4 is 6.29 Å². The van der Waals surface area contributed by atoms with Gasteiger partial charge in [-0.3, -0.25) is 4.79 Å². The van der Waals surface area contributed by atoms with Crippen LogP contribution >= 0.6 is 0 Å². The highest BCUT2D eigenvalue weighted by molar-refractivity contribution is 5.74. The summed E-state index contributed by atoms with van der Waals surface area (Å²) >= 11 is 0. The normalized spacial score (nSPS) is 10.5. The molecule has 1 aromatic rings. The minimum Gasteiger partial charge on any atom is -0.296 e. The molecular weight excluding hydrogens is 183 g/mol. The molecule has 5 heteroatoms. The largest absolute Gasteiger partial charge is 0.296 e. The van der Waals surface area contributed by atoms with Crippen molar-refractivity contribution in [3.05, 3.63) is 28.8 Å². The maximum Gasteiger partial charge on any atom is 0.283 e. The number of carbonyl (C=O) groups is 1. The second-order valence-electron chi connectivity index (χ2n) is 2.48. The van der Waals surface area contributed by atoms with Gasteiger partial charge in [0, 0.05) is 0 Å². The fourth-order valence-electron chi connectivity index (χ4n) is 0.882. The molecule has 0 unspecified atom stereocenters. The molecule has 0 fully saturated rings. The predicted molar refractivity (Wildman–Crippen MR) is 39.3 cm³/mol. The molecule has 1 aromatic heterocycles. The molecule has 0 N–H and O–H groups in total. The highest BCUT2D eigenvalue weighted by atomic mass is 19.3. The van der Waals surface area contributed by atoms with E-state index >= 15 is 0 Å². The van der Waals surface area contributed by atoms with Crippen LogP contribution < -0.4 is 0 Å². The molecule has 0 aliphatic heterocycles. The van der Waals surface area contributed by atoms with Gasteiger partial charge in [-0.25, -0.2) is 18.2 Å². The Morgan fingerprint density at radius 3 is 2.62 bits per heavy atom. The van der Waals surface area contributed by atoms with Gasteiger partial charge in [-0.15, -0.1) is 0 Å². The molecule has 1 rings (SSSR count). The lowest BCUT2D eigenvalue weighted by Gasteiger charge is -2.03. The first kappa shape index (κ1) is 9.70. The van der Waals surface area contributed by atoms with Crippen LogP contribution in [0, 0.1) is 12.7 Å². The van der Waals surface area contributed by atoms with Crippen molar-refractivity contribution in [1.29, 1.82) is 0 Å². The Morgan fingerprint density at radius 2 is 2.15 bits per heavy atom. The third-order valence-corrected chi connectivity index (χ3v) is 1.55. The van der Waals surface area contributed by atoms with Gasteiger partial charge in [0.25, 0.3) is 6.43 Å². The highest BCUT2D eigenvalue weighted by Gasteiger charge is 2.17. The van der Waals surface area contributed by atoms with E-state index in [0.717, 1.165) is 6.07 Å². The summed E-state index contributed by atoms with van der Waals surface area (Å²) in [7, 11) is 0. The first-order chi connectivity index (χ1) is 6.06. The Balaban J connectivity index is 3.30. The van der Waals surface area contributed by atoms with Gasteiger partial charge in [0.05, 0.1) is 0 Å². The SMILES string of the molecule is Cc1cc(F)c(C(F)F)nc1C=O. The van der Waals surface area contributed by atoms with Gasteiger partial charge >= 0.3 is 0 Å². The van der Waals surface area contributed by atoms with E-state index in [1.807, 2.05) is 0 Å². The van der Waals surface area contributed by atoms with Gasteiger partial charge in [0.15, 0.2) is 12.1 Å². The number of hydrogen-bond acceptors (Lipinski definition) is 2. The Hall–Kier alpha value is -1.39. The number of aromatic nitrogens is 1. The van der Waals surface area contributed by atoms with Crippen molar-refractivity contribution in [2.75, 3.05) is 0 Å². The summed E-state index contributed by atoms with van der Waals surface area (Å²) in [5.41, 5.74) is -0.888. The van der Waals surface area contributed by atoms with E-state index in [9.17, 15) is 18.0 Å². The van der Waals surface area contributed by atoms with Gasteiger partial charge < -0.3 is 0 Å². The van der Waals surface area contributed by atoms with Crippen molar-refractivity contribution in [3.8, 4) is 0 Å². The molecule has 0 aromatic carbocycles. The number of halogens is 3. The molecule has 0 bridgehead atoms. The number of aryl methyl sites for hydroxylation is 1. The number of hydrogen-bond donors (Lipinski definition) is 0. The molecular formula is C8H6F3NO. The molecule has 0 atom stereocenters. The predicted octanol–water partition coefficient (Wildman–Crippen LogP) is 2.28. The molecule has 13 heavy (non-hydrogen) atoms. The average molecular weight is 189 g/mol. The first-order valence-electron chi connectivity index (χ1n) is 3.46. The molecule has 0 radical (unpaired) electrons. The summed E-state index contributed by atoms with van der Waals surface area (Å²) < 4.78 is 36.9. The number of aldehydes is 1. The van der Waals surface area contributed by atoms with Crippen LogP contribution in [0.3, 0.4) is 0 Å². The third kappa shape index (κ3) is 1.85. The minimum absolute atomic E-state index is 0.156. The van der Waals surface area contributed by atoms with Gasteiger partial charge in [0.1, 0.15) is 11.4 Å². The maximum absolute atomic E-state index is 12.8. The quantitative estimate of drug-likeness (QED) is 0.668. The Morgan fingerprint density at radius 1 is 1.54 bits per heavy atom. The second kappa shape index (κ2) is 3.55. The van der Waals surface area contributed by atoms with E-state index < -0.39 is 17.9 Å². The van der Waals surface area contributed by atoms with Crippen molar-refractivity contribution in [2.24, 2.45) is 0 Å². The monoisotopic (exact) mass is 189 g/mol. The Labute approximate surface area is 72.4 Å². The molecule has 0 amide bonds. The van der Waals surface area contributed by atoms with Crippen LogP contribution in [0.5, 0.6) is 0 Å². The number of pyridine rings is 1. The summed E-state index contributed by atoms with van der Waals surface area (Å²) in [6, 6.07) is 0.873. The van der Waals surface area contributed by atoms with E-state index in [1.54, 1.807) is 0 Å². The van der Waals surface area contributed by atoms with Crippen LogP contribution in [0.25, 0.3) is 0 Å². The molecule has 2 nitrogen and oxygen atoms in total. The highest BCUT2D eigenvalue weighted by Crippen LogP contribution is 2.21.